The van der Waals surface area contributed by atoms with Crippen LogP contribution in [0.15, 0.2) is 12.1 Å². The molecular formula is C17H28FNO. The van der Waals surface area contributed by atoms with Crippen LogP contribution in [0.25, 0.3) is 0 Å². The zero-order valence-corrected chi connectivity index (χ0v) is 13.6. The Morgan fingerprint density at radius 2 is 1.55 bits per heavy atom. The van der Waals surface area contributed by atoms with Gasteiger partial charge in [-0.25, -0.2) is 4.39 Å². The molecule has 0 aliphatic heterocycles. The molecule has 1 aromatic rings. The summed E-state index contributed by atoms with van der Waals surface area (Å²) in [5.74, 6) is 0.778. The van der Waals surface area contributed by atoms with Crippen molar-refractivity contribution in [2.75, 3.05) is 18.0 Å². The molecule has 0 aromatic heterocycles. The van der Waals surface area contributed by atoms with Crippen LogP contribution in [0.2, 0.25) is 0 Å². The molecule has 0 bridgehead atoms. The van der Waals surface area contributed by atoms with Gasteiger partial charge in [0.1, 0.15) is 5.82 Å². The lowest BCUT2D eigenvalue weighted by molar-refractivity contribution is 0.199. The second-order valence-electron chi connectivity index (χ2n) is 6.53. The number of aliphatic hydroxyl groups excluding tert-OH is 1. The van der Waals surface area contributed by atoms with Crippen LogP contribution >= 0.6 is 0 Å². The quantitative estimate of drug-likeness (QED) is 0.840. The van der Waals surface area contributed by atoms with Crippen LogP contribution in [0.3, 0.4) is 0 Å². The summed E-state index contributed by atoms with van der Waals surface area (Å²) in [5, 5.41) is 9.94. The molecule has 1 atom stereocenters. The van der Waals surface area contributed by atoms with Gasteiger partial charge in [0.05, 0.1) is 6.10 Å². The Labute approximate surface area is 122 Å². The monoisotopic (exact) mass is 281 g/mol. The van der Waals surface area contributed by atoms with E-state index in [1.54, 1.807) is 13.8 Å². The number of benzene rings is 1. The summed E-state index contributed by atoms with van der Waals surface area (Å²) in [6.07, 6.45) is -0.665. The average Bonchev–Trinajstić information content (AvgIpc) is 2.29. The molecule has 0 saturated carbocycles. The first-order valence-electron chi connectivity index (χ1n) is 7.45. The SMILES string of the molecule is Cc1cc(N(CC(C)C)CC(C)C)c(C(C)O)cc1F. The normalized spacial score (nSPS) is 13.1. The van der Waals surface area contributed by atoms with E-state index in [4.69, 9.17) is 0 Å². The molecule has 3 heteroatoms. The molecule has 0 saturated heterocycles. The first-order chi connectivity index (χ1) is 9.22. The van der Waals surface area contributed by atoms with Crippen LogP contribution in [0.1, 0.15) is 51.8 Å². The highest BCUT2D eigenvalue weighted by molar-refractivity contribution is 5.57. The Hall–Kier alpha value is -1.09. The molecule has 114 valence electrons. The molecular weight excluding hydrogens is 253 g/mol. The number of hydrogen-bond acceptors (Lipinski definition) is 2. The fourth-order valence-electron chi connectivity index (χ4n) is 2.44. The molecule has 0 heterocycles. The minimum absolute atomic E-state index is 0.251. The standard InChI is InChI=1S/C17H28FNO/c1-11(2)9-19(10-12(3)4)17-7-13(5)16(18)8-15(17)14(6)20/h7-8,11-12,14,20H,9-10H2,1-6H3. The summed E-state index contributed by atoms with van der Waals surface area (Å²) >= 11 is 0. The molecule has 20 heavy (non-hydrogen) atoms. The maximum absolute atomic E-state index is 13.8. The predicted octanol–water partition coefficient (Wildman–Crippen LogP) is 4.31. The largest absolute Gasteiger partial charge is 0.389 e. The highest BCUT2D eigenvalue weighted by Gasteiger charge is 2.18. The molecule has 1 N–H and O–H groups in total. The zero-order chi connectivity index (χ0) is 15.4. The number of aryl methyl sites for hydroxylation is 1. The first-order valence-corrected chi connectivity index (χ1v) is 7.45. The maximum Gasteiger partial charge on any atom is 0.126 e. The van der Waals surface area contributed by atoms with Crippen LogP contribution in [0.5, 0.6) is 0 Å². The predicted molar refractivity (Wildman–Crippen MR) is 83.7 cm³/mol. The van der Waals surface area contributed by atoms with Gasteiger partial charge in [0.25, 0.3) is 0 Å². The van der Waals surface area contributed by atoms with Crippen LogP contribution in [0.4, 0.5) is 10.1 Å². The fraction of sp³-hybridized carbons (Fsp3) is 0.647. The number of hydrogen-bond donors (Lipinski definition) is 1. The molecule has 0 radical (unpaired) electrons. The summed E-state index contributed by atoms with van der Waals surface area (Å²) in [6.45, 7) is 14.0. The fourth-order valence-corrected chi connectivity index (χ4v) is 2.44. The van der Waals surface area contributed by atoms with Crippen LogP contribution in [0, 0.1) is 24.6 Å². The number of nitrogens with zero attached hydrogens (tertiary/aromatic N) is 1. The Morgan fingerprint density at radius 1 is 1.05 bits per heavy atom. The van der Waals surface area contributed by atoms with Crippen molar-refractivity contribution in [2.45, 2.75) is 47.6 Å². The summed E-state index contributed by atoms with van der Waals surface area (Å²) in [6, 6.07) is 3.34. The van der Waals surface area contributed by atoms with E-state index in [9.17, 15) is 9.50 Å². The molecule has 2 nitrogen and oxygen atoms in total. The lowest BCUT2D eigenvalue weighted by atomic mass is 10.0. The van der Waals surface area contributed by atoms with Crippen molar-refractivity contribution in [2.24, 2.45) is 11.8 Å². The van der Waals surface area contributed by atoms with Crippen molar-refractivity contribution >= 4 is 5.69 Å². The van der Waals surface area contributed by atoms with Crippen molar-refractivity contribution in [1.29, 1.82) is 0 Å². The van der Waals surface area contributed by atoms with E-state index in [-0.39, 0.29) is 5.82 Å². The van der Waals surface area contributed by atoms with Gasteiger partial charge in [-0.3, -0.25) is 0 Å². The molecule has 1 unspecified atom stereocenters. The summed E-state index contributed by atoms with van der Waals surface area (Å²) in [7, 11) is 0. The van der Waals surface area contributed by atoms with Gasteiger partial charge in [-0.1, -0.05) is 27.7 Å². The third-order valence-corrected chi connectivity index (χ3v) is 3.27. The van der Waals surface area contributed by atoms with Gasteiger partial charge in [0.2, 0.25) is 0 Å². The molecule has 0 aliphatic carbocycles. The Balaban J connectivity index is 3.26. The summed E-state index contributed by atoms with van der Waals surface area (Å²) < 4.78 is 13.8. The zero-order valence-electron chi connectivity index (χ0n) is 13.6. The highest BCUT2D eigenvalue weighted by atomic mass is 19.1. The van der Waals surface area contributed by atoms with Gasteiger partial charge >= 0.3 is 0 Å². The second-order valence-corrected chi connectivity index (χ2v) is 6.53. The molecule has 1 aromatic carbocycles. The van der Waals surface area contributed by atoms with Crippen LogP contribution in [-0.2, 0) is 0 Å². The topological polar surface area (TPSA) is 23.5 Å². The van der Waals surface area contributed by atoms with Gasteiger partial charge in [-0.2, -0.15) is 0 Å². The third kappa shape index (κ3) is 4.48. The van der Waals surface area contributed by atoms with Crippen molar-refractivity contribution in [3.05, 3.63) is 29.1 Å². The Bertz CT molecular complexity index is 431. The maximum atomic E-state index is 13.8. The van der Waals surface area contributed by atoms with E-state index in [1.165, 1.54) is 6.07 Å². The molecule has 0 spiro atoms. The van der Waals surface area contributed by atoms with Gasteiger partial charge in [0, 0.05) is 24.3 Å². The number of anilines is 1. The molecule has 0 fully saturated rings. The minimum atomic E-state index is -0.665. The minimum Gasteiger partial charge on any atom is -0.389 e. The van der Waals surface area contributed by atoms with Gasteiger partial charge in [-0.05, 0) is 43.4 Å². The van der Waals surface area contributed by atoms with Crippen molar-refractivity contribution in [3.8, 4) is 0 Å². The third-order valence-electron chi connectivity index (χ3n) is 3.27. The second kappa shape index (κ2) is 7.07. The first kappa shape index (κ1) is 17.0. The number of aliphatic hydroxyl groups is 1. The lowest BCUT2D eigenvalue weighted by Gasteiger charge is -2.31. The van der Waals surface area contributed by atoms with E-state index < -0.39 is 6.10 Å². The number of rotatable bonds is 6. The highest BCUT2D eigenvalue weighted by Crippen LogP contribution is 2.30. The van der Waals surface area contributed by atoms with E-state index in [0.29, 0.717) is 23.0 Å². The van der Waals surface area contributed by atoms with Gasteiger partial charge in [-0.15, -0.1) is 0 Å². The Morgan fingerprint density at radius 3 is 1.95 bits per heavy atom. The lowest BCUT2D eigenvalue weighted by Crippen LogP contribution is -2.32. The molecule has 0 aliphatic rings. The Kier molecular flexibility index (Phi) is 6.00. The van der Waals surface area contributed by atoms with Gasteiger partial charge < -0.3 is 10.0 Å². The van der Waals surface area contributed by atoms with E-state index in [2.05, 4.69) is 32.6 Å². The van der Waals surface area contributed by atoms with E-state index >= 15 is 0 Å². The number of halogens is 1. The van der Waals surface area contributed by atoms with E-state index in [0.717, 1.165) is 18.8 Å². The van der Waals surface area contributed by atoms with Crippen LogP contribution in [-0.4, -0.2) is 18.2 Å². The van der Waals surface area contributed by atoms with Crippen molar-refractivity contribution in [3.63, 3.8) is 0 Å². The summed E-state index contributed by atoms with van der Waals surface area (Å²) in [4.78, 5) is 2.27. The summed E-state index contributed by atoms with van der Waals surface area (Å²) in [5.41, 5.74) is 2.26. The molecule has 1 rings (SSSR count). The van der Waals surface area contributed by atoms with Crippen LogP contribution < -0.4 is 4.90 Å². The average molecular weight is 281 g/mol. The van der Waals surface area contributed by atoms with Gasteiger partial charge in [0.15, 0.2) is 0 Å². The van der Waals surface area contributed by atoms with Crippen molar-refractivity contribution in [1.82, 2.24) is 0 Å². The van der Waals surface area contributed by atoms with E-state index in [1.807, 2.05) is 6.07 Å². The smallest absolute Gasteiger partial charge is 0.126 e. The van der Waals surface area contributed by atoms with Crippen molar-refractivity contribution < 1.29 is 9.50 Å². The molecule has 0 amide bonds.